The zero-order valence-corrected chi connectivity index (χ0v) is 19.1. The van der Waals surface area contributed by atoms with Crippen molar-refractivity contribution in [3.8, 4) is 0 Å². The Morgan fingerprint density at radius 1 is 1.23 bits per heavy atom. The Morgan fingerprint density at radius 2 is 1.88 bits per heavy atom. The standard InChI is InChI=1S/C18H24BrN5O.HI/c1-20-18(24(3)13-16-11-15(19)12-23(16)2)22-10-9-21-17(25)14-7-5-4-6-8-14;/h4-8,11-12H,9-10,13H2,1-3H3,(H,20,22)(H,21,25);1H. The first-order chi connectivity index (χ1) is 12.0. The number of hydrogen-bond donors (Lipinski definition) is 2. The van der Waals surface area contributed by atoms with Crippen LogP contribution in [0, 0.1) is 0 Å². The van der Waals surface area contributed by atoms with Gasteiger partial charge in [0.05, 0.1) is 6.54 Å². The zero-order chi connectivity index (χ0) is 18.2. The molecular weight excluding hydrogens is 509 g/mol. The van der Waals surface area contributed by atoms with E-state index in [1.54, 1.807) is 19.2 Å². The molecule has 0 aliphatic carbocycles. The Morgan fingerprint density at radius 3 is 2.46 bits per heavy atom. The smallest absolute Gasteiger partial charge is 0.251 e. The number of aliphatic imine (C=N–C) groups is 1. The third kappa shape index (κ3) is 6.64. The van der Waals surface area contributed by atoms with Gasteiger partial charge in [0.2, 0.25) is 0 Å². The van der Waals surface area contributed by atoms with E-state index in [-0.39, 0.29) is 29.9 Å². The summed E-state index contributed by atoms with van der Waals surface area (Å²) in [7, 11) is 5.75. The van der Waals surface area contributed by atoms with Gasteiger partial charge in [0, 0.05) is 56.2 Å². The van der Waals surface area contributed by atoms with Crippen molar-refractivity contribution < 1.29 is 4.79 Å². The number of aromatic nitrogens is 1. The minimum atomic E-state index is -0.0700. The summed E-state index contributed by atoms with van der Waals surface area (Å²) < 4.78 is 3.14. The first-order valence-electron chi connectivity index (χ1n) is 8.07. The number of carbonyl (C=O) groups is 1. The van der Waals surface area contributed by atoms with Crippen molar-refractivity contribution >= 4 is 51.8 Å². The Labute approximate surface area is 180 Å². The molecule has 0 bridgehead atoms. The van der Waals surface area contributed by atoms with Gasteiger partial charge < -0.3 is 20.1 Å². The molecule has 0 saturated heterocycles. The van der Waals surface area contributed by atoms with Crippen LogP contribution in [0.1, 0.15) is 16.1 Å². The number of carbonyl (C=O) groups excluding carboxylic acids is 1. The van der Waals surface area contributed by atoms with E-state index < -0.39 is 0 Å². The molecule has 0 aliphatic heterocycles. The van der Waals surface area contributed by atoms with Crippen molar-refractivity contribution in [2.24, 2.45) is 12.0 Å². The number of halogens is 2. The van der Waals surface area contributed by atoms with Gasteiger partial charge >= 0.3 is 0 Å². The molecule has 1 heterocycles. The lowest BCUT2D eigenvalue weighted by Crippen LogP contribution is -2.42. The highest BCUT2D eigenvalue weighted by molar-refractivity contribution is 14.0. The van der Waals surface area contributed by atoms with Crippen LogP contribution < -0.4 is 10.6 Å². The van der Waals surface area contributed by atoms with Crippen molar-refractivity contribution in [1.29, 1.82) is 0 Å². The SMILES string of the molecule is CN=C(NCCNC(=O)c1ccccc1)N(C)Cc1cc(Br)cn1C.I. The van der Waals surface area contributed by atoms with Gasteiger partial charge in [-0.1, -0.05) is 18.2 Å². The number of benzene rings is 1. The molecule has 0 radical (unpaired) electrons. The minimum Gasteiger partial charge on any atom is -0.354 e. The summed E-state index contributed by atoms with van der Waals surface area (Å²) in [6.45, 7) is 1.86. The Balaban J connectivity index is 0.00000338. The van der Waals surface area contributed by atoms with Crippen LogP contribution >= 0.6 is 39.9 Å². The topological polar surface area (TPSA) is 61.7 Å². The number of rotatable bonds is 6. The fraction of sp³-hybridized carbons (Fsp3) is 0.333. The van der Waals surface area contributed by atoms with Gasteiger partial charge in [0.25, 0.3) is 5.91 Å². The van der Waals surface area contributed by atoms with Crippen molar-refractivity contribution in [2.45, 2.75) is 6.54 Å². The van der Waals surface area contributed by atoms with E-state index in [1.165, 1.54) is 5.69 Å². The van der Waals surface area contributed by atoms with Gasteiger partial charge in [-0.2, -0.15) is 0 Å². The summed E-state index contributed by atoms with van der Waals surface area (Å²) in [4.78, 5) is 18.3. The lowest BCUT2D eigenvalue weighted by atomic mass is 10.2. The molecular formula is C18H25BrIN5O. The number of nitrogens with zero attached hydrogens (tertiary/aromatic N) is 3. The summed E-state index contributed by atoms with van der Waals surface area (Å²) in [6, 6.07) is 11.3. The van der Waals surface area contributed by atoms with Crippen molar-refractivity contribution in [2.75, 3.05) is 27.2 Å². The van der Waals surface area contributed by atoms with Crippen LogP contribution in [0.2, 0.25) is 0 Å². The van der Waals surface area contributed by atoms with Crippen LogP contribution in [0.4, 0.5) is 0 Å². The Bertz CT molecular complexity index is 732. The molecule has 2 aromatic rings. The zero-order valence-electron chi connectivity index (χ0n) is 15.2. The highest BCUT2D eigenvalue weighted by atomic mass is 127. The minimum absolute atomic E-state index is 0. The van der Waals surface area contributed by atoms with Gasteiger partial charge in [0.1, 0.15) is 0 Å². The molecule has 8 heteroatoms. The van der Waals surface area contributed by atoms with Gasteiger partial charge in [-0.25, -0.2) is 0 Å². The number of amides is 1. The maximum Gasteiger partial charge on any atom is 0.251 e. The highest BCUT2D eigenvalue weighted by Gasteiger charge is 2.10. The second kappa shape index (κ2) is 11.2. The first kappa shape index (κ1) is 22.5. The fourth-order valence-electron chi connectivity index (χ4n) is 2.47. The molecule has 0 spiro atoms. The summed E-state index contributed by atoms with van der Waals surface area (Å²) in [5.41, 5.74) is 1.84. The van der Waals surface area contributed by atoms with Crippen molar-refractivity contribution in [3.63, 3.8) is 0 Å². The molecule has 1 aromatic carbocycles. The quantitative estimate of drug-likeness (QED) is 0.260. The molecule has 1 aromatic heterocycles. The second-order valence-electron chi connectivity index (χ2n) is 5.71. The molecule has 0 aliphatic rings. The molecule has 2 N–H and O–H groups in total. The fourth-order valence-corrected chi connectivity index (χ4v) is 3.04. The van der Waals surface area contributed by atoms with Gasteiger partial charge in [-0.3, -0.25) is 9.79 Å². The molecule has 2 rings (SSSR count). The lowest BCUT2D eigenvalue weighted by Gasteiger charge is -2.22. The molecule has 0 fully saturated rings. The van der Waals surface area contributed by atoms with Crippen LogP contribution in [0.5, 0.6) is 0 Å². The molecule has 26 heavy (non-hydrogen) atoms. The largest absolute Gasteiger partial charge is 0.354 e. The summed E-state index contributed by atoms with van der Waals surface area (Å²) in [6.07, 6.45) is 2.03. The van der Waals surface area contributed by atoms with Crippen LogP contribution in [-0.4, -0.2) is 48.5 Å². The van der Waals surface area contributed by atoms with Gasteiger partial charge in [-0.05, 0) is 34.1 Å². The number of guanidine groups is 1. The van der Waals surface area contributed by atoms with E-state index in [2.05, 4.69) is 42.2 Å². The number of aryl methyl sites for hydroxylation is 1. The molecule has 6 nitrogen and oxygen atoms in total. The highest BCUT2D eigenvalue weighted by Crippen LogP contribution is 2.14. The molecule has 0 saturated carbocycles. The monoisotopic (exact) mass is 533 g/mol. The molecule has 0 atom stereocenters. The number of hydrogen-bond acceptors (Lipinski definition) is 2. The lowest BCUT2D eigenvalue weighted by molar-refractivity contribution is 0.0954. The summed E-state index contributed by atoms with van der Waals surface area (Å²) >= 11 is 3.49. The van der Waals surface area contributed by atoms with Gasteiger partial charge in [-0.15, -0.1) is 24.0 Å². The van der Waals surface area contributed by atoms with E-state index in [0.29, 0.717) is 18.7 Å². The average Bonchev–Trinajstić information content (AvgIpc) is 2.92. The van der Waals surface area contributed by atoms with Crippen LogP contribution in [-0.2, 0) is 13.6 Å². The number of nitrogens with one attached hydrogen (secondary N) is 2. The van der Waals surface area contributed by atoms with E-state index >= 15 is 0 Å². The maximum atomic E-state index is 12.0. The van der Waals surface area contributed by atoms with Crippen molar-refractivity contribution in [3.05, 3.63) is 58.3 Å². The molecule has 0 unspecified atom stereocenters. The third-order valence-corrected chi connectivity index (χ3v) is 4.21. The van der Waals surface area contributed by atoms with Crippen LogP contribution in [0.25, 0.3) is 0 Å². The predicted octanol–water partition coefficient (Wildman–Crippen LogP) is 2.84. The second-order valence-corrected chi connectivity index (χ2v) is 6.63. The normalized spacial score (nSPS) is 10.8. The van der Waals surface area contributed by atoms with E-state index in [1.807, 2.05) is 43.4 Å². The Hall–Kier alpha value is -1.55. The van der Waals surface area contributed by atoms with Crippen LogP contribution in [0.15, 0.2) is 52.1 Å². The van der Waals surface area contributed by atoms with Gasteiger partial charge in [0.15, 0.2) is 5.96 Å². The van der Waals surface area contributed by atoms with E-state index in [9.17, 15) is 4.79 Å². The maximum absolute atomic E-state index is 12.0. The van der Waals surface area contributed by atoms with E-state index in [4.69, 9.17) is 0 Å². The third-order valence-electron chi connectivity index (χ3n) is 3.78. The summed E-state index contributed by atoms with van der Waals surface area (Å²) in [5.74, 6) is 0.714. The average molecular weight is 534 g/mol. The summed E-state index contributed by atoms with van der Waals surface area (Å²) in [5, 5.41) is 6.16. The van der Waals surface area contributed by atoms with Crippen LogP contribution in [0.3, 0.4) is 0 Å². The Kier molecular flexibility index (Phi) is 9.71. The molecule has 142 valence electrons. The van der Waals surface area contributed by atoms with E-state index in [0.717, 1.165) is 17.0 Å². The predicted molar refractivity (Wildman–Crippen MR) is 120 cm³/mol. The van der Waals surface area contributed by atoms with Crippen molar-refractivity contribution in [1.82, 2.24) is 20.1 Å². The first-order valence-corrected chi connectivity index (χ1v) is 8.86. The molecule has 1 amide bonds.